The summed E-state index contributed by atoms with van der Waals surface area (Å²) in [5, 5.41) is 5.76. The Morgan fingerprint density at radius 3 is 3.10 bits per heavy atom. The highest BCUT2D eigenvalue weighted by Gasteiger charge is 2.29. The summed E-state index contributed by atoms with van der Waals surface area (Å²) in [6.45, 7) is 3.01. The summed E-state index contributed by atoms with van der Waals surface area (Å²) in [6, 6.07) is 9.51. The first-order valence-electron chi connectivity index (χ1n) is 7.34. The van der Waals surface area contributed by atoms with Crippen molar-refractivity contribution in [1.29, 1.82) is 0 Å². The predicted molar refractivity (Wildman–Crippen MR) is 82.8 cm³/mol. The molecule has 1 heterocycles. The van der Waals surface area contributed by atoms with Crippen LogP contribution in [-0.2, 0) is 6.42 Å². The third kappa shape index (κ3) is 2.65. The minimum atomic E-state index is -0.147. The second-order valence-electron chi connectivity index (χ2n) is 5.39. The number of hydrogen-bond acceptors (Lipinski definition) is 2. The first-order valence-corrected chi connectivity index (χ1v) is 8.22. The monoisotopic (exact) mass is 289 g/mol. The van der Waals surface area contributed by atoms with Crippen LogP contribution in [0.25, 0.3) is 0 Å². The van der Waals surface area contributed by atoms with E-state index in [0.717, 1.165) is 12.1 Å². The van der Waals surface area contributed by atoms with Crippen molar-refractivity contribution >= 4 is 11.3 Å². The molecule has 0 radical (unpaired) electrons. The Labute approximate surface area is 123 Å². The average molecular weight is 289 g/mol. The molecule has 2 unspecified atom stereocenters. The maximum absolute atomic E-state index is 13.5. The fourth-order valence-electron chi connectivity index (χ4n) is 3.28. The Morgan fingerprint density at radius 2 is 2.30 bits per heavy atom. The van der Waals surface area contributed by atoms with Crippen molar-refractivity contribution in [1.82, 2.24) is 5.32 Å². The highest BCUT2D eigenvalue weighted by molar-refractivity contribution is 7.10. The molecule has 0 amide bonds. The van der Waals surface area contributed by atoms with Crippen molar-refractivity contribution in [3.05, 3.63) is 57.5 Å². The minimum absolute atomic E-state index is 0.147. The van der Waals surface area contributed by atoms with Crippen LogP contribution in [0.3, 0.4) is 0 Å². The van der Waals surface area contributed by atoms with Crippen molar-refractivity contribution in [3.8, 4) is 0 Å². The molecule has 3 heteroatoms. The topological polar surface area (TPSA) is 12.0 Å². The smallest absolute Gasteiger partial charge is 0.123 e. The van der Waals surface area contributed by atoms with Gasteiger partial charge in [0.15, 0.2) is 0 Å². The van der Waals surface area contributed by atoms with Gasteiger partial charge in [-0.05, 0) is 60.5 Å². The molecule has 2 atom stereocenters. The summed E-state index contributed by atoms with van der Waals surface area (Å²) in [7, 11) is 0. The van der Waals surface area contributed by atoms with E-state index in [1.165, 1.54) is 35.8 Å². The molecule has 106 valence electrons. The van der Waals surface area contributed by atoms with Gasteiger partial charge in [0.2, 0.25) is 0 Å². The number of rotatable bonds is 4. The van der Waals surface area contributed by atoms with Gasteiger partial charge in [-0.2, -0.15) is 0 Å². The molecular weight excluding hydrogens is 269 g/mol. The number of aryl methyl sites for hydroxylation is 1. The zero-order valence-electron chi connectivity index (χ0n) is 11.7. The van der Waals surface area contributed by atoms with Crippen LogP contribution in [0.15, 0.2) is 35.7 Å². The Bertz CT molecular complexity index is 578. The molecular formula is C17H20FNS. The van der Waals surface area contributed by atoms with Crippen LogP contribution in [-0.4, -0.2) is 6.54 Å². The number of halogens is 1. The average Bonchev–Trinajstić information content (AvgIpc) is 2.93. The maximum atomic E-state index is 13.5. The van der Waals surface area contributed by atoms with Crippen LogP contribution in [0.5, 0.6) is 0 Å². The molecule has 1 aliphatic rings. The summed E-state index contributed by atoms with van der Waals surface area (Å²) >= 11 is 1.86. The van der Waals surface area contributed by atoms with Gasteiger partial charge >= 0.3 is 0 Å². The number of thiophene rings is 1. The van der Waals surface area contributed by atoms with E-state index in [-0.39, 0.29) is 11.9 Å². The molecule has 1 aromatic heterocycles. The summed E-state index contributed by atoms with van der Waals surface area (Å²) in [5.74, 6) is 0.318. The standard InChI is InChI=1S/C17H20FNS/c1-2-19-17(12-5-3-6-13(18)11-12)15-7-4-8-16-14(15)9-10-20-16/h3,5-6,9-11,15,17,19H,2,4,7-8H2,1H3. The molecule has 20 heavy (non-hydrogen) atoms. The van der Waals surface area contributed by atoms with Crippen LogP contribution in [0, 0.1) is 5.82 Å². The van der Waals surface area contributed by atoms with Crippen molar-refractivity contribution in [2.24, 2.45) is 0 Å². The van der Waals surface area contributed by atoms with E-state index in [1.807, 2.05) is 23.5 Å². The molecule has 1 aliphatic carbocycles. The summed E-state index contributed by atoms with van der Waals surface area (Å²) in [4.78, 5) is 1.51. The van der Waals surface area contributed by atoms with Crippen LogP contribution < -0.4 is 5.32 Å². The number of nitrogens with one attached hydrogen (secondary N) is 1. The summed E-state index contributed by atoms with van der Waals surface area (Å²) < 4.78 is 13.5. The number of hydrogen-bond donors (Lipinski definition) is 1. The lowest BCUT2D eigenvalue weighted by Gasteiger charge is -2.31. The van der Waals surface area contributed by atoms with E-state index in [1.54, 1.807) is 6.07 Å². The maximum Gasteiger partial charge on any atom is 0.123 e. The number of fused-ring (bicyclic) bond motifs is 1. The van der Waals surface area contributed by atoms with E-state index in [4.69, 9.17) is 0 Å². The number of benzene rings is 1. The molecule has 0 bridgehead atoms. The van der Waals surface area contributed by atoms with Gasteiger partial charge in [0.05, 0.1) is 0 Å². The van der Waals surface area contributed by atoms with E-state index < -0.39 is 0 Å². The number of likely N-dealkylation sites (N-methyl/N-ethyl adjacent to an activating group) is 1. The Morgan fingerprint density at radius 1 is 1.40 bits per heavy atom. The van der Waals surface area contributed by atoms with Crippen molar-refractivity contribution < 1.29 is 4.39 Å². The molecule has 0 saturated carbocycles. The Kier molecular flexibility index (Phi) is 4.18. The van der Waals surface area contributed by atoms with Crippen LogP contribution >= 0.6 is 11.3 Å². The fourth-order valence-corrected chi connectivity index (χ4v) is 4.28. The van der Waals surface area contributed by atoms with Crippen LogP contribution in [0.4, 0.5) is 4.39 Å². The summed E-state index contributed by atoms with van der Waals surface area (Å²) in [5.41, 5.74) is 2.53. The molecule has 0 aliphatic heterocycles. The molecule has 0 fully saturated rings. The SMILES string of the molecule is CCNC(c1cccc(F)c1)C1CCCc2sccc21. The first kappa shape index (κ1) is 13.8. The zero-order valence-corrected chi connectivity index (χ0v) is 12.5. The van der Waals surface area contributed by atoms with Gasteiger partial charge in [-0.1, -0.05) is 19.1 Å². The van der Waals surface area contributed by atoms with E-state index >= 15 is 0 Å². The van der Waals surface area contributed by atoms with E-state index in [9.17, 15) is 4.39 Å². The molecule has 3 rings (SSSR count). The molecule has 1 N–H and O–H groups in total. The largest absolute Gasteiger partial charge is 0.310 e. The van der Waals surface area contributed by atoms with Gasteiger partial charge < -0.3 is 5.32 Å². The molecule has 1 nitrogen and oxygen atoms in total. The van der Waals surface area contributed by atoms with Crippen molar-refractivity contribution in [3.63, 3.8) is 0 Å². The van der Waals surface area contributed by atoms with Gasteiger partial charge in [0, 0.05) is 16.8 Å². The van der Waals surface area contributed by atoms with Crippen LogP contribution in [0.1, 0.15) is 47.7 Å². The van der Waals surface area contributed by atoms with Crippen molar-refractivity contribution in [2.75, 3.05) is 6.54 Å². The third-order valence-electron chi connectivity index (χ3n) is 4.13. The minimum Gasteiger partial charge on any atom is -0.310 e. The summed E-state index contributed by atoms with van der Waals surface area (Å²) in [6.07, 6.45) is 3.61. The second kappa shape index (κ2) is 6.06. The van der Waals surface area contributed by atoms with E-state index in [0.29, 0.717) is 5.92 Å². The Hall–Kier alpha value is -1.19. The lowest BCUT2D eigenvalue weighted by molar-refractivity contribution is 0.410. The zero-order chi connectivity index (χ0) is 13.9. The Balaban J connectivity index is 1.96. The van der Waals surface area contributed by atoms with Gasteiger partial charge in [-0.15, -0.1) is 11.3 Å². The molecule has 0 saturated heterocycles. The highest BCUT2D eigenvalue weighted by atomic mass is 32.1. The first-order chi connectivity index (χ1) is 9.79. The second-order valence-corrected chi connectivity index (χ2v) is 6.39. The van der Waals surface area contributed by atoms with Gasteiger partial charge in [0.1, 0.15) is 5.82 Å². The lowest BCUT2D eigenvalue weighted by Crippen LogP contribution is -2.28. The van der Waals surface area contributed by atoms with Gasteiger partial charge in [-0.25, -0.2) is 4.39 Å². The van der Waals surface area contributed by atoms with Crippen LogP contribution in [0.2, 0.25) is 0 Å². The quantitative estimate of drug-likeness (QED) is 0.863. The van der Waals surface area contributed by atoms with Gasteiger partial charge in [0.25, 0.3) is 0 Å². The molecule has 0 spiro atoms. The fraction of sp³-hybridized carbons (Fsp3) is 0.412. The van der Waals surface area contributed by atoms with Crippen molar-refractivity contribution in [2.45, 2.75) is 38.1 Å². The third-order valence-corrected chi connectivity index (χ3v) is 5.13. The normalized spacial score (nSPS) is 19.6. The van der Waals surface area contributed by atoms with E-state index in [2.05, 4.69) is 23.7 Å². The predicted octanol–water partition coefficient (Wildman–Crippen LogP) is 4.66. The van der Waals surface area contributed by atoms with Gasteiger partial charge in [-0.3, -0.25) is 0 Å². The molecule has 1 aromatic carbocycles. The highest BCUT2D eigenvalue weighted by Crippen LogP contribution is 2.42. The molecule has 2 aromatic rings. The lowest BCUT2D eigenvalue weighted by atomic mass is 9.80.